The van der Waals surface area contributed by atoms with E-state index in [2.05, 4.69) is 5.32 Å². The molecule has 3 rings (SSSR count). The number of sulfone groups is 1. The number of carbonyl (C=O) groups excluding carboxylic acids is 1. The summed E-state index contributed by atoms with van der Waals surface area (Å²) in [5.74, 6) is 0.822. The van der Waals surface area contributed by atoms with Crippen molar-refractivity contribution >= 4 is 31.5 Å². The molecule has 1 heterocycles. The number of benzene rings is 2. The van der Waals surface area contributed by atoms with Gasteiger partial charge in [-0.05, 0) is 43.2 Å². The predicted molar refractivity (Wildman–Crippen MR) is 125 cm³/mol. The van der Waals surface area contributed by atoms with Crippen LogP contribution in [0.5, 0.6) is 11.5 Å². The highest BCUT2D eigenvalue weighted by Gasteiger charge is 2.21. The van der Waals surface area contributed by atoms with Crippen LogP contribution in [0.1, 0.15) is 31.4 Å². The number of amides is 1. The van der Waals surface area contributed by atoms with Crippen molar-refractivity contribution in [3.63, 3.8) is 0 Å². The second kappa shape index (κ2) is 10.0. The van der Waals surface area contributed by atoms with Gasteiger partial charge in [-0.1, -0.05) is 12.1 Å². The summed E-state index contributed by atoms with van der Waals surface area (Å²) in [5.41, 5.74) is 1.21. The zero-order valence-corrected chi connectivity index (χ0v) is 20.4. The van der Waals surface area contributed by atoms with E-state index in [9.17, 15) is 21.6 Å². The van der Waals surface area contributed by atoms with Gasteiger partial charge in [-0.3, -0.25) is 9.10 Å². The lowest BCUT2D eigenvalue weighted by Gasteiger charge is -2.25. The summed E-state index contributed by atoms with van der Waals surface area (Å²) < 4.78 is 60.1. The molecule has 0 aromatic heterocycles. The fourth-order valence-electron chi connectivity index (χ4n) is 3.46. The Hall–Kier alpha value is -2.79. The van der Waals surface area contributed by atoms with Crippen LogP contribution in [0, 0.1) is 0 Å². The van der Waals surface area contributed by atoms with Gasteiger partial charge in [0.1, 0.15) is 13.2 Å². The first-order chi connectivity index (χ1) is 15.4. The van der Waals surface area contributed by atoms with Gasteiger partial charge in [-0.2, -0.15) is 0 Å². The Labute approximate surface area is 194 Å². The predicted octanol–water partition coefficient (Wildman–Crippen LogP) is 2.28. The minimum absolute atomic E-state index is 0.127. The quantitative estimate of drug-likeness (QED) is 0.566. The molecule has 0 bridgehead atoms. The van der Waals surface area contributed by atoms with E-state index in [-0.39, 0.29) is 29.8 Å². The zero-order chi connectivity index (χ0) is 24.2. The third-order valence-electron chi connectivity index (χ3n) is 5.16. The topological polar surface area (TPSA) is 119 Å². The summed E-state index contributed by atoms with van der Waals surface area (Å²) in [5, 5.41) is 2.85. The average Bonchev–Trinajstić information content (AvgIpc) is 2.75. The van der Waals surface area contributed by atoms with Crippen molar-refractivity contribution in [1.82, 2.24) is 5.32 Å². The van der Waals surface area contributed by atoms with Crippen molar-refractivity contribution in [2.24, 2.45) is 0 Å². The van der Waals surface area contributed by atoms with E-state index in [1.54, 1.807) is 37.3 Å². The molecule has 1 amide bonds. The van der Waals surface area contributed by atoms with E-state index in [0.29, 0.717) is 36.8 Å². The summed E-state index contributed by atoms with van der Waals surface area (Å²) >= 11 is 0. The Kier molecular flexibility index (Phi) is 7.53. The first-order valence-electron chi connectivity index (χ1n) is 10.4. The number of hydrogen-bond donors (Lipinski definition) is 1. The van der Waals surface area contributed by atoms with Gasteiger partial charge in [0.05, 0.1) is 22.9 Å². The lowest BCUT2D eigenvalue weighted by atomic mass is 10.1. The van der Waals surface area contributed by atoms with Crippen molar-refractivity contribution in [2.75, 3.05) is 36.6 Å². The van der Waals surface area contributed by atoms with E-state index in [1.165, 1.54) is 16.4 Å². The second-order valence-corrected chi connectivity index (χ2v) is 11.8. The zero-order valence-electron chi connectivity index (χ0n) is 18.8. The van der Waals surface area contributed by atoms with E-state index in [0.717, 1.165) is 18.1 Å². The molecule has 180 valence electrons. The average molecular weight is 497 g/mol. The summed E-state index contributed by atoms with van der Waals surface area (Å²) in [6.45, 7) is 2.76. The van der Waals surface area contributed by atoms with Crippen LogP contribution in [-0.2, 0) is 24.7 Å². The molecule has 1 atom stereocenters. The Morgan fingerprint density at radius 3 is 2.24 bits per heavy atom. The first kappa shape index (κ1) is 24.8. The number of ether oxygens (including phenoxy) is 2. The smallest absolute Gasteiger partial charge is 0.232 e. The van der Waals surface area contributed by atoms with Gasteiger partial charge < -0.3 is 14.8 Å². The molecule has 0 fully saturated rings. The molecule has 0 spiro atoms. The summed E-state index contributed by atoms with van der Waals surface area (Å²) in [6.07, 6.45) is 2.69. The van der Waals surface area contributed by atoms with Gasteiger partial charge in [0.25, 0.3) is 0 Å². The fraction of sp³-hybridized carbons (Fsp3) is 0.409. The van der Waals surface area contributed by atoms with Crippen molar-refractivity contribution in [3.8, 4) is 11.5 Å². The number of nitrogens with zero attached hydrogens (tertiary/aromatic N) is 1. The SMILES string of the molecule is C[C@H](NC(=O)CCCN(c1ccc2c(c1)OCCO2)S(C)(=O)=O)c1ccc(S(C)(=O)=O)cc1. The molecule has 1 N–H and O–H groups in total. The van der Waals surface area contributed by atoms with Gasteiger partial charge in [-0.15, -0.1) is 0 Å². The Balaban J connectivity index is 1.58. The molecule has 1 aliphatic heterocycles. The number of nitrogens with one attached hydrogen (secondary N) is 1. The molecular weight excluding hydrogens is 468 g/mol. The van der Waals surface area contributed by atoms with Gasteiger partial charge in [0.15, 0.2) is 21.3 Å². The van der Waals surface area contributed by atoms with Crippen LogP contribution < -0.4 is 19.1 Å². The maximum Gasteiger partial charge on any atom is 0.232 e. The summed E-state index contributed by atoms with van der Waals surface area (Å²) in [4.78, 5) is 12.6. The molecule has 0 unspecified atom stereocenters. The molecule has 33 heavy (non-hydrogen) atoms. The molecule has 2 aromatic rings. The van der Waals surface area contributed by atoms with Crippen molar-refractivity contribution in [3.05, 3.63) is 48.0 Å². The number of carbonyl (C=O) groups is 1. The van der Waals surface area contributed by atoms with Gasteiger partial charge in [-0.25, -0.2) is 16.8 Å². The molecule has 0 radical (unpaired) electrons. The monoisotopic (exact) mass is 496 g/mol. The molecule has 0 aliphatic carbocycles. The molecular formula is C22H28N2O7S2. The van der Waals surface area contributed by atoms with Crippen LogP contribution in [0.2, 0.25) is 0 Å². The highest BCUT2D eigenvalue weighted by Crippen LogP contribution is 2.34. The maximum absolute atomic E-state index is 12.4. The van der Waals surface area contributed by atoms with Crippen LogP contribution in [0.15, 0.2) is 47.4 Å². The number of hydrogen-bond acceptors (Lipinski definition) is 7. The van der Waals surface area contributed by atoms with Gasteiger partial charge >= 0.3 is 0 Å². The van der Waals surface area contributed by atoms with Crippen molar-refractivity contribution < 1.29 is 31.1 Å². The Bertz CT molecular complexity index is 1210. The standard InChI is InChI=1S/C22H28N2O7S2/c1-16(17-6-9-19(10-7-17)32(2,26)27)23-22(25)5-4-12-24(33(3,28)29)18-8-11-20-21(15-18)31-14-13-30-20/h6-11,15-16H,4-5,12-14H2,1-3H3,(H,23,25)/t16-/m0/s1. The van der Waals surface area contributed by atoms with Crippen LogP contribution >= 0.6 is 0 Å². The molecule has 2 aromatic carbocycles. The van der Waals surface area contributed by atoms with Crippen LogP contribution in [0.25, 0.3) is 0 Å². The Morgan fingerprint density at radius 1 is 1.00 bits per heavy atom. The number of rotatable bonds is 9. The van der Waals surface area contributed by atoms with E-state index < -0.39 is 19.9 Å². The van der Waals surface area contributed by atoms with E-state index in [1.807, 2.05) is 0 Å². The Morgan fingerprint density at radius 2 is 1.64 bits per heavy atom. The molecule has 9 nitrogen and oxygen atoms in total. The van der Waals surface area contributed by atoms with Crippen molar-refractivity contribution in [2.45, 2.75) is 30.7 Å². The van der Waals surface area contributed by atoms with Crippen LogP contribution in [-0.4, -0.2) is 55.0 Å². The molecule has 0 saturated heterocycles. The highest BCUT2D eigenvalue weighted by atomic mass is 32.2. The maximum atomic E-state index is 12.4. The molecule has 1 aliphatic rings. The third kappa shape index (κ3) is 6.61. The van der Waals surface area contributed by atoms with Crippen LogP contribution in [0.3, 0.4) is 0 Å². The van der Waals surface area contributed by atoms with Gasteiger partial charge in [0, 0.05) is 25.3 Å². The van der Waals surface area contributed by atoms with Crippen molar-refractivity contribution in [1.29, 1.82) is 0 Å². The van der Waals surface area contributed by atoms with E-state index in [4.69, 9.17) is 9.47 Å². The number of sulfonamides is 1. The minimum Gasteiger partial charge on any atom is -0.486 e. The van der Waals surface area contributed by atoms with E-state index >= 15 is 0 Å². The number of fused-ring (bicyclic) bond motifs is 1. The third-order valence-corrected chi connectivity index (χ3v) is 7.49. The molecule has 0 saturated carbocycles. The highest BCUT2D eigenvalue weighted by molar-refractivity contribution is 7.92. The lowest BCUT2D eigenvalue weighted by Crippen LogP contribution is -2.32. The largest absolute Gasteiger partial charge is 0.486 e. The lowest BCUT2D eigenvalue weighted by molar-refractivity contribution is -0.121. The molecule has 11 heteroatoms. The normalized spacial score (nSPS) is 14.4. The van der Waals surface area contributed by atoms with Gasteiger partial charge in [0.2, 0.25) is 15.9 Å². The summed E-state index contributed by atoms with van der Waals surface area (Å²) in [7, 11) is -6.85. The summed E-state index contributed by atoms with van der Waals surface area (Å²) in [6, 6.07) is 11.0. The van der Waals surface area contributed by atoms with Crippen LogP contribution in [0.4, 0.5) is 5.69 Å². The first-order valence-corrected chi connectivity index (χ1v) is 14.2. The number of anilines is 1. The second-order valence-electron chi connectivity index (χ2n) is 7.90. The fourth-order valence-corrected chi connectivity index (χ4v) is 5.05. The minimum atomic E-state index is -3.57.